The van der Waals surface area contributed by atoms with Gasteiger partial charge in [-0.2, -0.15) is 0 Å². The molecule has 152 valence electrons. The summed E-state index contributed by atoms with van der Waals surface area (Å²) in [6.45, 7) is 0. The van der Waals surface area contributed by atoms with E-state index in [4.69, 9.17) is 5.73 Å². The van der Waals surface area contributed by atoms with Crippen LogP contribution in [0.2, 0.25) is 0 Å². The molecule has 5 aromatic rings. The summed E-state index contributed by atoms with van der Waals surface area (Å²) in [5, 5.41) is 5.33. The second-order valence-electron chi connectivity index (χ2n) is 7.51. The quantitative estimate of drug-likeness (QED) is 0.387. The van der Waals surface area contributed by atoms with Gasteiger partial charge >= 0.3 is 0 Å². The lowest BCUT2D eigenvalue weighted by Crippen LogP contribution is -2.46. The number of hydrogen-bond acceptors (Lipinski definition) is 3. The summed E-state index contributed by atoms with van der Waals surface area (Å²) in [5.74, 6) is -0.931. The largest absolute Gasteiger partial charge is 0.368 e. The van der Waals surface area contributed by atoms with Crippen molar-refractivity contribution in [1.29, 1.82) is 0 Å². The van der Waals surface area contributed by atoms with Gasteiger partial charge in [-0.15, -0.1) is 0 Å². The van der Waals surface area contributed by atoms with Gasteiger partial charge in [0, 0.05) is 34.3 Å². The molecule has 6 nitrogen and oxygen atoms in total. The number of carbonyl (C=O) groups excluding carboxylic acids is 2. The molecule has 0 radical (unpaired) electrons. The minimum atomic E-state index is -0.850. The van der Waals surface area contributed by atoms with Crippen LogP contribution in [0, 0.1) is 0 Å². The van der Waals surface area contributed by atoms with E-state index in [2.05, 4.69) is 15.3 Å². The van der Waals surface area contributed by atoms with E-state index in [-0.39, 0.29) is 5.91 Å². The molecule has 31 heavy (non-hydrogen) atoms. The molecule has 0 aliphatic rings. The van der Waals surface area contributed by atoms with Crippen LogP contribution in [-0.4, -0.2) is 27.8 Å². The predicted octanol–water partition coefficient (Wildman–Crippen LogP) is 3.70. The molecule has 0 saturated heterocycles. The summed E-state index contributed by atoms with van der Waals surface area (Å²) in [5.41, 5.74) is 9.50. The van der Waals surface area contributed by atoms with Crippen molar-refractivity contribution >= 4 is 44.5 Å². The first-order valence-corrected chi connectivity index (χ1v) is 10.0. The van der Waals surface area contributed by atoms with Crippen molar-refractivity contribution in [2.75, 3.05) is 0 Å². The van der Waals surface area contributed by atoms with E-state index in [9.17, 15) is 9.59 Å². The van der Waals surface area contributed by atoms with Crippen molar-refractivity contribution in [3.63, 3.8) is 0 Å². The van der Waals surface area contributed by atoms with E-state index in [0.717, 1.165) is 38.3 Å². The average molecular weight is 408 g/mol. The number of carbonyl (C=O) groups is 2. The molecule has 3 aromatic carbocycles. The first-order valence-electron chi connectivity index (χ1n) is 10.0. The Kier molecular flexibility index (Phi) is 4.59. The zero-order chi connectivity index (χ0) is 21.4. The molecule has 0 aliphatic carbocycles. The Morgan fingerprint density at radius 3 is 2.10 bits per heavy atom. The summed E-state index contributed by atoms with van der Waals surface area (Å²) >= 11 is 0. The van der Waals surface area contributed by atoms with Crippen LogP contribution < -0.4 is 11.1 Å². The highest BCUT2D eigenvalue weighted by atomic mass is 16.2. The molecule has 2 aromatic heterocycles. The summed E-state index contributed by atoms with van der Waals surface area (Å²) in [6.07, 6.45) is 2.15. The summed E-state index contributed by atoms with van der Waals surface area (Å²) < 4.78 is 0. The molecule has 0 bridgehead atoms. The van der Waals surface area contributed by atoms with Gasteiger partial charge in [0.1, 0.15) is 6.04 Å². The average Bonchev–Trinajstić information content (AvgIpc) is 3.19. The van der Waals surface area contributed by atoms with Crippen LogP contribution in [0.25, 0.3) is 32.7 Å². The lowest BCUT2D eigenvalue weighted by atomic mass is 10.0. The zero-order valence-electron chi connectivity index (χ0n) is 16.6. The predicted molar refractivity (Wildman–Crippen MR) is 122 cm³/mol. The van der Waals surface area contributed by atoms with Gasteiger partial charge in [-0.3, -0.25) is 9.59 Å². The number of nitrogens with zero attached hydrogens (tertiary/aromatic N) is 1. The normalized spacial score (nSPS) is 12.3. The van der Waals surface area contributed by atoms with Gasteiger partial charge in [0.05, 0.1) is 16.6 Å². The lowest BCUT2D eigenvalue weighted by Gasteiger charge is -2.17. The molecule has 2 amide bonds. The Morgan fingerprint density at radius 1 is 0.871 bits per heavy atom. The number of pyridine rings is 1. The Bertz CT molecular complexity index is 1400. The number of nitrogens with two attached hydrogens (primary N) is 1. The van der Waals surface area contributed by atoms with Gasteiger partial charge < -0.3 is 16.0 Å². The fourth-order valence-corrected chi connectivity index (χ4v) is 4.06. The maximum absolute atomic E-state index is 13.4. The molecule has 2 heterocycles. The molecule has 1 atom stereocenters. The SMILES string of the molecule is NC(=O)[C@@H](Cc1c[nH]c2ccccc12)NC(=O)c1c2ccccc2nc2ccccc12. The molecule has 0 fully saturated rings. The highest BCUT2D eigenvalue weighted by Crippen LogP contribution is 2.26. The number of primary amides is 1. The van der Waals surface area contributed by atoms with Crippen LogP contribution >= 0.6 is 0 Å². The van der Waals surface area contributed by atoms with Gasteiger partial charge in [-0.05, 0) is 23.8 Å². The van der Waals surface area contributed by atoms with Crippen LogP contribution in [0.15, 0.2) is 79.0 Å². The van der Waals surface area contributed by atoms with Crippen molar-refractivity contribution in [1.82, 2.24) is 15.3 Å². The third-order valence-electron chi connectivity index (χ3n) is 5.56. The Labute approximate surface area is 178 Å². The number of para-hydroxylation sites is 3. The van der Waals surface area contributed by atoms with Gasteiger partial charge in [0.15, 0.2) is 0 Å². The standard InChI is InChI=1S/C25H20N4O2/c26-24(30)22(13-15-14-27-19-10-4-1-7-16(15)19)29-25(31)23-17-8-2-5-11-20(17)28-21-12-6-3-9-18(21)23/h1-12,14,22,27H,13H2,(H2,26,30)(H,29,31)/t22-/m1/s1. The Balaban J connectivity index is 1.54. The maximum atomic E-state index is 13.4. The van der Waals surface area contributed by atoms with E-state index in [0.29, 0.717) is 12.0 Å². The molecule has 4 N–H and O–H groups in total. The van der Waals surface area contributed by atoms with Gasteiger partial charge in [-0.1, -0.05) is 54.6 Å². The van der Waals surface area contributed by atoms with E-state index in [1.807, 2.05) is 79.0 Å². The fourth-order valence-electron chi connectivity index (χ4n) is 4.06. The van der Waals surface area contributed by atoms with E-state index in [1.165, 1.54) is 0 Å². The Hall–Kier alpha value is -4.19. The van der Waals surface area contributed by atoms with Crippen molar-refractivity contribution in [3.8, 4) is 0 Å². The number of rotatable bonds is 5. The molecule has 0 unspecified atom stereocenters. The molecule has 0 aliphatic heterocycles. The van der Waals surface area contributed by atoms with Crippen LogP contribution in [0.4, 0.5) is 0 Å². The van der Waals surface area contributed by atoms with Gasteiger partial charge in [-0.25, -0.2) is 4.98 Å². The van der Waals surface area contributed by atoms with Crippen LogP contribution in [-0.2, 0) is 11.2 Å². The van der Waals surface area contributed by atoms with Crippen LogP contribution in [0.1, 0.15) is 15.9 Å². The lowest BCUT2D eigenvalue weighted by molar-refractivity contribution is -0.119. The van der Waals surface area contributed by atoms with Crippen molar-refractivity contribution in [3.05, 3.63) is 90.1 Å². The minimum Gasteiger partial charge on any atom is -0.368 e. The van der Waals surface area contributed by atoms with Gasteiger partial charge in [0.25, 0.3) is 5.91 Å². The van der Waals surface area contributed by atoms with Crippen molar-refractivity contribution in [2.45, 2.75) is 12.5 Å². The first-order chi connectivity index (χ1) is 15.1. The van der Waals surface area contributed by atoms with Crippen LogP contribution in [0.5, 0.6) is 0 Å². The molecule has 0 spiro atoms. The van der Waals surface area contributed by atoms with Crippen LogP contribution in [0.3, 0.4) is 0 Å². The summed E-state index contributed by atoms with van der Waals surface area (Å²) in [6, 6.07) is 21.9. The molecule has 0 saturated carbocycles. The third-order valence-corrected chi connectivity index (χ3v) is 5.56. The molecular weight excluding hydrogens is 388 g/mol. The number of nitrogens with one attached hydrogen (secondary N) is 2. The third kappa shape index (κ3) is 3.38. The molecule has 5 rings (SSSR count). The van der Waals surface area contributed by atoms with Crippen molar-refractivity contribution in [2.24, 2.45) is 5.73 Å². The highest BCUT2D eigenvalue weighted by molar-refractivity contribution is 6.16. The topological polar surface area (TPSA) is 101 Å². The number of amides is 2. The van der Waals surface area contributed by atoms with Gasteiger partial charge in [0.2, 0.25) is 5.91 Å². The summed E-state index contributed by atoms with van der Waals surface area (Å²) in [7, 11) is 0. The first kappa shape index (κ1) is 18.8. The maximum Gasteiger partial charge on any atom is 0.253 e. The van der Waals surface area contributed by atoms with E-state index < -0.39 is 11.9 Å². The van der Waals surface area contributed by atoms with E-state index in [1.54, 1.807) is 0 Å². The summed E-state index contributed by atoms with van der Waals surface area (Å²) in [4.78, 5) is 33.5. The monoisotopic (exact) mass is 408 g/mol. The smallest absolute Gasteiger partial charge is 0.253 e. The number of H-pyrrole nitrogens is 1. The number of aromatic nitrogens is 2. The number of fused-ring (bicyclic) bond motifs is 3. The number of benzene rings is 3. The Morgan fingerprint density at radius 2 is 1.45 bits per heavy atom. The zero-order valence-corrected chi connectivity index (χ0v) is 16.6. The fraction of sp³-hybridized carbons (Fsp3) is 0.0800. The molecular formula is C25H20N4O2. The number of aromatic amines is 1. The minimum absolute atomic E-state index is 0.298. The van der Waals surface area contributed by atoms with E-state index >= 15 is 0 Å². The second-order valence-corrected chi connectivity index (χ2v) is 7.51. The highest BCUT2D eigenvalue weighted by Gasteiger charge is 2.23. The van der Waals surface area contributed by atoms with Crippen molar-refractivity contribution < 1.29 is 9.59 Å². The second kappa shape index (κ2) is 7.57. The molecule has 6 heteroatoms. The number of hydrogen-bond donors (Lipinski definition) is 3.